The number of halogens is 2. The van der Waals surface area contributed by atoms with Crippen LogP contribution in [0.25, 0.3) is 0 Å². The molecule has 0 spiro atoms. The van der Waals surface area contributed by atoms with Gasteiger partial charge in [0, 0.05) is 61.6 Å². The van der Waals surface area contributed by atoms with Crippen LogP contribution in [-0.2, 0) is 41.8 Å². The largest absolute Gasteiger partial charge is 0.487 e. The van der Waals surface area contributed by atoms with Gasteiger partial charge in [-0.2, -0.15) is 0 Å². The van der Waals surface area contributed by atoms with Crippen molar-refractivity contribution in [2.24, 2.45) is 28.6 Å². The SMILES string of the molecule is C#CCC(C)(C)C(=O)OCc1cnc(C)c(OC(=O)CCC[C@H]2CC[C@@H]3[C@@H](/C=C/[C@@H](O)COc4cc(F)ccc4F)[C@H](O)C[C@@H]3OC2)c1COC(=O)C(C)(C)CC#C. The number of ether oxygens (including phenoxy) is 5. The summed E-state index contributed by atoms with van der Waals surface area (Å²) in [6.07, 6.45) is 17.2. The first-order valence-corrected chi connectivity index (χ1v) is 19.6. The van der Waals surface area contributed by atoms with Crippen molar-refractivity contribution in [3.63, 3.8) is 0 Å². The second-order valence-corrected chi connectivity index (χ2v) is 16.4. The number of esters is 3. The van der Waals surface area contributed by atoms with Crippen LogP contribution in [0.5, 0.6) is 11.5 Å². The van der Waals surface area contributed by atoms with Crippen LogP contribution in [0.1, 0.15) is 95.9 Å². The van der Waals surface area contributed by atoms with Crippen LogP contribution in [0.2, 0.25) is 0 Å². The molecule has 0 amide bonds. The standard InChI is InChI=1S/C45H55F2NO10/c1-8-19-44(4,5)42(52)56-25-30-23-48-28(3)41(35(30)27-57-43(53)45(6,7)20-9-2)58-40(51)12-10-11-29-13-16-34-33(37(50)22-38(34)54-24-29)17-15-32(49)26-55-39-21-31(46)14-18-36(39)47/h1-2,14-15,17-18,21,23,29,32-34,37-38,49-50H,10-13,16,19-20,22,24-27H2,3-7H3/b17-15+/t29-,32+,33+,34+,37+,38-/m0/s1. The number of hydrogen-bond donors (Lipinski definition) is 2. The van der Waals surface area contributed by atoms with E-state index in [0.717, 1.165) is 31.0 Å². The number of aliphatic hydroxyl groups excluding tert-OH is 2. The van der Waals surface area contributed by atoms with E-state index in [1.54, 1.807) is 40.7 Å². The van der Waals surface area contributed by atoms with E-state index in [1.807, 2.05) is 0 Å². The van der Waals surface area contributed by atoms with E-state index in [2.05, 4.69) is 16.8 Å². The minimum absolute atomic E-state index is 0.00471. The third kappa shape index (κ3) is 12.6. The average molecular weight is 808 g/mol. The fourth-order valence-electron chi connectivity index (χ4n) is 7.14. The van der Waals surface area contributed by atoms with Gasteiger partial charge in [0.1, 0.15) is 31.7 Å². The van der Waals surface area contributed by atoms with Crippen molar-refractivity contribution in [2.75, 3.05) is 13.2 Å². The van der Waals surface area contributed by atoms with Crippen LogP contribution >= 0.6 is 0 Å². The molecule has 58 heavy (non-hydrogen) atoms. The molecule has 1 aromatic carbocycles. The smallest absolute Gasteiger partial charge is 0.312 e. The molecular weight excluding hydrogens is 752 g/mol. The number of hydrogen-bond acceptors (Lipinski definition) is 11. The van der Waals surface area contributed by atoms with E-state index >= 15 is 0 Å². The summed E-state index contributed by atoms with van der Waals surface area (Å²) in [5, 5.41) is 21.3. The maximum absolute atomic E-state index is 13.9. The van der Waals surface area contributed by atoms with Crippen molar-refractivity contribution in [1.82, 2.24) is 4.98 Å². The fourth-order valence-corrected chi connectivity index (χ4v) is 7.14. The number of benzene rings is 1. The predicted molar refractivity (Wildman–Crippen MR) is 210 cm³/mol. The highest BCUT2D eigenvalue weighted by Gasteiger charge is 2.43. The summed E-state index contributed by atoms with van der Waals surface area (Å²) in [4.78, 5) is 43.5. The van der Waals surface area contributed by atoms with E-state index in [0.29, 0.717) is 42.7 Å². The van der Waals surface area contributed by atoms with Crippen LogP contribution < -0.4 is 9.47 Å². The van der Waals surface area contributed by atoms with Gasteiger partial charge in [-0.1, -0.05) is 12.2 Å². The second kappa shape index (κ2) is 20.7. The van der Waals surface area contributed by atoms with Crippen molar-refractivity contribution in [3.05, 3.63) is 65.0 Å². The zero-order valence-electron chi connectivity index (χ0n) is 33.9. The number of pyridine rings is 1. The molecule has 1 aliphatic heterocycles. The molecule has 314 valence electrons. The number of terminal acetylenes is 2. The van der Waals surface area contributed by atoms with Crippen molar-refractivity contribution in [3.8, 4) is 36.2 Å². The Labute approximate surface area is 339 Å². The molecule has 0 unspecified atom stereocenters. The van der Waals surface area contributed by atoms with Gasteiger partial charge in [-0.05, 0) is 84.3 Å². The van der Waals surface area contributed by atoms with Gasteiger partial charge in [0.25, 0.3) is 0 Å². The molecule has 11 nitrogen and oxygen atoms in total. The van der Waals surface area contributed by atoms with E-state index in [4.69, 9.17) is 36.5 Å². The average Bonchev–Trinajstić information content (AvgIpc) is 3.33. The third-order valence-corrected chi connectivity index (χ3v) is 10.7. The molecular formula is C45H55F2NO10. The van der Waals surface area contributed by atoms with Gasteiger partial charge in [-0.3, -0.25) is 19.4 Å². The van der Waals surface area contributed by atoms with Crippen LogP contribution in [-0.4, -0.2) is 64.6 Å². The molecule has 1 aliphatic carbocycles. The minimum atomic E-state index is -1.11. The number of carbonyl (C=O) groups excluding carboxylic acids is 3. The Morgan fingerprint density at radius 2 is 1.72 bits per heavy atom. The number of aryl methyl sites for hydroxylation is 1. The van der Waals surface area contributed by atoms with E-state index in [9.17, 15) is 33.4 Å². The first kappa shape index (κ1) is 45.9. The lowest BCUT2D eigenvalue weighted by atomic mass is 9.86. The molecule has 1 aromatic heterocycles. The summed E-state index contributed by atoms with van der Waals surface area (Å²) in [6.45, 7) is 8.00. The summed E-state index contributed by atoms with van der Waals surface area (Å²) >= 11 is 0. The number of aromatic nitrogens is 1. The lowest BCUT2D eigenvalue weighted by molar-refractivity contribution is -0.156. The molecule has 4 rings (SSSR count). The second-order valence-electron chi connectivity index (χ2n) is 16.4. The number of aliphatic hydroxyl groups is 2. The zero-order valence-corrected chi connectivity index (χ0v) is 33.9. The van der Waals surface area contributed by atoms with Gasteiger partial charge < -0.3 is 33.9 Å². The van der Waals surface area contributed by atoms with Crippen LogP contribution in [0.3, 0.4) is 0 Å². The number of nitrogens with zero attached hydrogens (tertiary/aromatic N) is 1. The first-order chi connectivity index (χ1) is 27.4. The lowest BCUT2D eigenvalue weighted by Gasteiger charge is -2.23. The molecule has 13 heteroatoms. The van der Waals surface area contributed by atoms with Crippen molar-refractivity contribution in [1.29, 1.82) is 0 Å². The van der Waals surface area contributed by atoms with Crippen LogP contribution in [0.15, 0.2) is 36.5 Å². The van der Waals surface area contributed by atoms with Gasteiger partial charge in [-0.25, -0.2) is 8.78 Å². The Morgan fingerprint density at radius 1 is 1.05 bits per heavy atom. The lowest BCUT2D eigenvalue weighted by Crippen LogP contribution is -2.27. The highest BCUT2D eigenvalue weighted by Crippen LogP contribution is 2.42. The van der Waals surface area contributed by atoms with E-state index in [1.165, 1.54) is 12.3 Å². The fraction of sp³-hybridized carbons (Fsp3) is 0.556. The minimum Gasteiger partial charge on any atom is -0.487 e. The number of carbonyl (C=O) groups is 3. The number of fused-ring (bicyclic) bond motifs is 1. The summed E-state index contributed by atoms with van der Waals surface area (Å²) in [7, 11) is 0. The summed E-state index contributed by atoms with van der Waals surface area (Å²) in [5.74, 6) is 1.66. The summed E-state index contributed by atoms with van der Waals surface area (Å²) in [5.41, 5.74) is -0.804. The van der Waals surface area contributed by atoms with Gasteiger partial charge >= 0.3 is 17.9 Å². The monoisotopic (exact) mass is 807 g/mol. The van der Waals surface area contributed by atoms with E-state index < -0.39 is 52.6 Å². The normalized spacial score (nSPS) is 21.3. The number of rotatable bonds is 18. The maximum Gasteiger partial charge on any atom is 0.312 e. The van der Waals surface area contributed by atoms with Crippen molar-refractivity contribution in [2.45, 2.75) is 118 Å². The van der Waals surface area contributed by atoms with Crippen LogP contribution in [0.4, 0.5) is 8.78 Å². The molecule has 0 bridgehead atoms. The predicted octanol–water partition coefficient (Wildman–Crippen LogP) is 6.72. The highest BCUT2D eigenvalue weighted by molar-refractivity contribution is 5.77. The van der Waals surface area contributed by atoms with Gasteiger partial charge in [0.2, 0.25) is 0 Å². The van der Waals surface area contributed by atoms with E-state index in [-0.39, 0.29) is 74.4 Å². The Morgan fingerprint density at radius 3 is 2.40 bits per heavy atom. The molecule has 0 radical (unpaired) electrons. The Bertz CT molecular complexity index is 1880. The Hall–Kier alpha value is -4.82. The van der Waals surface area contributed by atoms with Crippen molar-refractivity contribution >= 4 is 17.9 Å². The van der Waals surface area contributed by atoms with Gasteiger partial charge in [0.05, 0.1) is 28.7 Å². The molecule has 2 N–H and O–H groups in total. The van der Waals surface area contributed by atoms with Gasteiger partial charge in [0.15, 0.2) is 17.3 Å². The topological polar surface area (TPSA) is 151 Å². The summed E-state index contributed by atoms with van der Waals surface area (Å²) in [6, 6.07) is 2.83. The molecule has 1 saturated carbocycles. The highest BCUT2D eigenvalue weighted by atomic mass is 19.1. The molecule has 2 fully saturated rings. The molecule has 2 aliphatic rings. The summed E-state index contributed by atoms with van der Waals surface area (Å²) < 4.78 is 56.0. The molecule has 1 saturated heterocycles. The molecule has 2 aromatic rings. The third-order valence-electron chi connectivity index (χ3n) is 10.7. The quantitative estimate of drug-likeness (QED) is 0.0939. The van der Waals surface area contributed by atoms with Gasteiger partial charge in [-0.15, -0.1) is 24.7 Å². The first-order valence-electron chi connectivity index (χ1n) is 19.6. The Balaban J connectivity index is 1.34. The molecule has 6 atom stereocenters. The van der Waals surface area contributed by atoms with Crippen molar-refractivity contribution < 1.29 is 57.1 Å². The molecule has 2 heterocycles. The maximum atomic E-state index is 13.9. The zero-order chi connectivity index (χ0) is 42.6. The van der Waals surface area contributed by atoms with Crippen LogP contribution in [0, 0.1) is 71.8 Å². The Kier molecular flexibility index (Phi) is 16.4.